The van der Waals surface area contributed by atoms with Crippen LogP contribution < -0.4 is 14.8 Å². The predicted octanol–water partition coefficient (Wildman–Crippen LogP) is 4.32. The van der Waals surface area contributed by atoms with E-state index in [4.69, 9.17) is 37.2 Å². The summed E-state index contributed by atoms with van der Waals surface area (Å²) in [5.41, 5.74) is -0.351. The number of hydrogen-bond acceptors (Lipinski definition) is 6. The maximum atomic E-state index is 12.3. The normalized spacial score (nSPS) is 23.4. The van der Waals surface area contributed by atoms with Crippen LogP contribution in [0.15, 0.2) is 53.1 Å². The third-order valence-corrected chi connectivity index (χ3v) is 6.19. The number of nitrogens with zero attached hydrogens (tertiary/aromatic N) is 2. The van der Waals surface area contributed by atoms with Gasteiger partial charge >= 0.3 is 0 Å². The Hall–Kier alpha value is -2.77. The summed E-state index contributed by atoms with van der Waals surface area (Å²) in [7, 11) is 0. The van der Waals surface area contributed by atoms with Crippen LogP contribution in [0.2, 0.25) is 10.0 Å². The molecule has 0 saturated heterocycles. The Kier molecular flexibility index (Phi) is 5.02. The van der Waals surface area contributed by atoms with Crippen molar-refractivity contribution in [2.24, 2.45) is 0 Å². The van der Waals surface area contributed by atoms with Crippen LogP contribution in [-0.2, 0) is 16.8 Å². The lowest BCUT2D eigenvalue weighted by Gasteiger charge is -2.68. The molecule has 3 aromatic rings. The molecule has 0 spiro atoms. The molecule has 31 heavy (non-hydrogen) atoms. The smallest absolute Gasteiger partial charge is 0.258 e. The minimum Gasteiger partial charge on any atom is -0.485 e. The molecule has 2 aromatic carbocycles. The number of nitrogens with one attached hydrogen (secondary N) is 1. The number of hydrogen-bond donors (Lipinski definition) is 1. The number of carbonyl (C=O) groups is 1. The van der Waals surface area contributed by atoms with Crippen molar-refractivity contribution in [2.75, 3.05) is 6.61 Å². The van der Waals surface area contributed by atoms with Crippen molar-refractivity contribution >= 4 is 29.1 Å². The van der Waals surface area contributed by atoms with E-state index in [-0.39, 0.29) is 30.1 Å². The second kappa shape index (κ2) is 7.73. The summed E-state index contributed by atoms with van der Waals surface area (Å²) >= 11 is 11.8. The van der Waals surface area contributed by atoms with Gasteiger partial charge in [-0.15, -0.1) is 0 Å². The lowest BCUT2D eigenvalue weighted by molar-refractivity contribution is -0.143. The van der Waals surface area contributed by atoms with Crippen molar-refractivity contribution in [2.45, 2.75) is 36.8 Å². The fourth-order valence-electron chi connectivity index (χ4n) is 4.39. The summed E-state index contributed by atoms with van der Waals surface area (Å²) in [4.78, 5) is 16.8. The number of carbonyl (C=O) groups excluding carboxylic acids is 1. The summed E-state index contributed by atoms with van der Waals surface area (Å²) in [6, 6.07) is 14.1. The van der Waals surface area contributed by atoms with E-state index in [0.29, 0.717) is 33.3 Å². The second-order valence-corrected chi connectivity index (χ2v) is 9.02. The van der Waals surface area contributed by atoms with E-state index < -0.39 is 0 Å². The Morgan fingerprint density at radius 3 is 2.55 bits per heavy atom. The quantitative estimate of drug-likeness (QED) is 0.539. The van der Waals surface area contributed by atoms with E-state index in [1.165, 1.54) is 0 Å². The standard InChI is InChI=1S/C22H19Cl2N3O4/c23-14-4-6-16(7-5-14)29-9-18-25-20(31-27-18)21-11-22(12-21,13-21)26-19(28)10-30-17-3-1-2-15(24)8-17/h1-8H,9-13H2,(H,26,28). The Labute approximate surface area is 188 Å². The van der Waals surface area contributed by atoms with Crippen LogP contribution >= 0.6 is 23.2 Å². The fraction of sp³-hybridized carbons (Fsp3) is 0.318. The SMILES string of the molecule is O=C(COc1cccc(Cl)c1)NC12CC(c3nc(COc4ccc(Cl)cc4)no3)(C1)C2. The van der Waals surface area contributed by atoms with Gasteiger partial charge in [0, 0.05) is 15.6 Å². The molecule has 0 aliphatic heterocycles. The number of ether oxygens (including phenoxy) is 2. The number of amides is 1. The topological polar surface area (TPSA) is 86.5 Å². The van der Waals surface area contributed by atoms with E-state index in [0.717, 1.165) is 19.3 Å². The van der Waals surface area contributed by atoms with Crippen molar-refractivity contribution in [3.8, 4) is 11.5 Å². The van der Waals surface area contributed by atoms with E-state index in [1.807, 2.05) is 0 Å². The Balaban J connectivity index is 1.10. The highest BCUT2D eigenvalue weighted by atomic mass is 35.5. The average Bonchev–Trinajstić information content (AvgIpc) is 3.16. The van der Waals surface area contributed by atoms with Gasteiger partial charge in [-0.25, -0.2) is 0 Å². The summed E-state index contributed by atoms with van der Waals surface area (Å²) in [5.74, 6) is 2.19. The molecule has 0 radical (unpaired) electrons. The Morgan fingerprint density at radius 2 is 1.81 bits per heavy atom. The van der Waals surface area contributed by atoms with Gasteiger partial charge in [-0.3, -0.25) is 4.79 Å². The van der Waals surface area contributed by atoms with Crippen LogP contribution in [0.1, 0.15) is 31.0 Å². The average molecular weight is 460 g/mol. The lowest BCUT2D eigenvalue weighted by atomic mass is 9.39. The molecule has 6 rings (SSSR count). The first kappa shape index (κ1) is 20.2. The highest BCUT2D eigenvalue weighted by Gasteiger charge is 2.71. The monoisotopic (exact) mass is 459 g/mol. The molecular weight excluding hydrogens is 441 g/mol. The Bertz CT molecular complexity index is 1100. The van der Waals surface area contributed by atoms with Crippen molar-refractivity contribution in [1.82, 2.24) is 15.5 Å². The van der Waals surface area contributed by atoms with Crippen LogP contribution in [-0.4, -0.2) is 28.2 Å². The first-order valence-electron chi connectivity index (χ1n) is 9.85. The first-order valence-corrected chi connectivity index (χ1v) is 10.6. The second-order valence-electron chi connectivity index (χ2n) is 8.14. The van der Waals surface area contributed by atoms with Crippen LogP contribution in [0.5, 0.6) is 11.5 Å². The Morgan fingerprint density at radius 1 is 1.03 bits per heavy atom. The highest BCUT2D eigenvalue weighted by Crippen LogP contribution is 2.67. The molecule has 1 N–H and O–H groups in total. The number of halogens is 2. The summed E-state index contributed by atoms with van der Waals surface area (Å²) in [6.45, 7) is 0.158. The van der Waals surface area contributed by atoms with Crippen LogP contribution in [0.25, 0.3) is 0 Å². The molecular formula is C22H19Cl2N3O4. The third kappa shape index (κ3) is 4.07. The van der Waals surface area contributed by atoms with Gasteiger partial charge in [0.1, 0.15) is 11.5 Å². The van der Waals surface area contributed by atoms with Gasteiger partial charge in [0.25, 0.3) is 5.91 Å². The zero-order valence-corrected chi connectivity index (χ0v) is 17.9. The molecule has 3 aliphatic rings. The molecule has 160 valence electrons. The highest BCUT2D eigenvalue weighted by molar-refractivity contribution is 6.30. The number of rotatable bonds is 8. The molecule has 1 heterocycles. The molecule has 0 unspecified atom stereocenters. The first-order chi connectivity index (χ1) is 14.9. The minimum atomic E-state index is -0.205. The van der Waals surface area contributed by atoms with Crippen molar-refractivity contribution < 1.29 is 18.8 Å². The van der Waals surface area contributed by atoms with E-state index in [2.05, 4.69) is 15.5 Å². The zero-order valence-electron chi connectivity index (χ0n) is 16.4. The summed E-state index contributed by atoms with van der Waals surface area (Å²) < 4.78 is 16.6. The molecule has 7 nitrogen and oxygen atoms in total. The van der Waals surface area contributed by atoms with Crippen LogP contribution in [0.4, 0.5) is 0 Å². The molecule has 9 heteroatoms. The van der Waals surface area contributed by atoms with Gasteiger partial charge < -0.3 is 19.3 Å². The molecule has 3 aliphatic carbocycles. The van der Waals surface area contributed by atoms with Crippen molar-refractivity contribution in [3.05, 3.63) is 70.3 Å². The van der Waals surface area contributed by atoms with E-state index in [1.54, 1.807) is 48.5 Å². The van der Waals surface area contributed by atoms with Crippen molar-refractivity contribution in [3.63, 3.8) is 0 Å². The van der Waals surface area contributed by atoms with Crippen molar-refractivity contribution in [1.29, 1.82) is 0 Å². The van der Waals surface area contributed by atoms with Crippen LogP contribution in [0, 0.1) is 0 Å². The van der Waals surface area contributed by atoms with Gasteiger partial charge in [-0.1, -0.05) is 34.4 Å². The van der Waals surface area contributed by atoms with E-state index in [9.17, 15) is 4.79 Å². The molecule has 3 saturated carbocycles. The van der Waals surface area contributed by atoms with Gasteiger partial charge in [-0.05, 0) is 61.7 Å². The molecule has 0 atom stereocenters. The predicted molar refractivity (Wildman–Crippen MR) is 113 cm³/mol. The number of benzene rings is 2. The van der Waals surface area contributed by atoms with E-state index >= 15 is 0 Å². The van der Waals surface area contributed by atoms with Gasteiger partial charge in [-0.2, -0.15) is 4.98 Å². The molecule has 3 fully saturated rings. The van der Waals surface area contributed by atoms with Gasteiger partial charge in [0.2, 0.25) is 11.7 Å². The zero-order chi connectivity index (χ0) is 21.5. The molecule has 1 aromatic heterocycles. The summed E-state index contributed by atoms with van der Waals surface area (Å²) in [5, 5.41) is 8.31. The van der Waals surface area contributed by atoms with Gasteiger partial charge in [0.15, 0.2) is 13.2 Å². The largest absolute Gasteiger partial charge is 0.485 e. The summed E-state index contributed by atoms with van der Waals surface area (Å²) in [6.07, 6.45) is 2.34. The maximum Gasteiger partial charge on any atom is 0.258 e. The third-order valence-electron chi connectivity index (χ3n) is 5.70. The molecule has 1 amide bonds. The maximum absolute atomic E-state index is 12.3. The van der Waals surface area contributed by atoms with Crippen LogP contribution in [0.3, 0.4) is 0 Å². The fourth-order valence-corrected chi connectivity index (χ4v) is 4.70. The molecule has 2 bridgehead atoms. The minimum absolute atomic E-state index is 0.0537. The van der Waals surface area contributed by atoms with Gasteiger partial charge in [0.05, 0.1) is 5.41 Å². The number of aromatic nitrogens is 2. The lowest BCUT2D eigenvalue weighted by Crippen LogP contribution is -2.77.